The third-order valence-corrected chi connectivity index (χ3v) is 6.20. The van der Waals surface area contributed by atoms with Crippen LogP contribution in [-0.4, -0.2) is 8.42 Å². The van der Waals surface area contributed by atoms with Gasteiger partial charge in [-0.25, -0.2) is 12.8 Å². The van der Waals surface area contributed by atoms with E-state index in [1.165, 1.54) is 30.3 Å². The molecule has 112 valence electrons. The zero-order chi connectivity index (χ0) is 15.8. The number of nitrogens with one attached hydrogen (secondary N) is 1. The lowest BCUT2D eigenvalue weighted by atomic mass is 10.3. The first-order valence-electron chi connectivity index (χ1n) is 5.43. The molecule has 0 aliphatic carbocycles. The van der Waals surface area contributed by atoms with Gasteiger partial charge in [0.1, 0.15) is 10.7 Å². The van der Waals surface area contributed by atoms with Crippen LogP contribution >= 0.6 is 47.8 Å². The number of nitrogens with two attached hydrogens (primary N) is 1. The smallest absolute Gasteiger partial charge is 0.264 e. The minimum absolute atomic E-state index is 0.0565. The van der Waals surface area contributed by atoms with Gasteiger partial charge in [0.2, 0.25) is 0 Å². The van der Waals surface area contributed by atoms with Crippen LogP contribution in [0.4, 0.5) is 15.8 Å². The molecule has 0 atom stereocenters. The summed E-state index contributed by atoms with van der Waals surface area (Å²) in [6.07, 6.45) is 0. The van der Waals surface area contributed by atoms with E-state index in [9.17, 15) is 12.8 Å². The minimum atomic E-state index is -3.98. The van der Waals surface area contributed by atoms with Crippen LogP contribution in [0.3, 0.4) is 0 Å². The second kappa shape index (κ2) is 6.23. The summed E-state index contributed by atoms with van der Waals surface area (Å²) in [5.41, 5.74) is 5.87. The van der Waals surface area contributed by atoms with E-state index in [0.29, 0.717) is 10.2 Å². The number of nitrogen functional groups attached to an aromatic ring is 1. The first kappa shape index (κ1) is 16.7. The molecule has 2 aromatic rings. The molecule has 3 N–H and O–H groups in total. The fraction of sp³-hybridized carbons (Fsp3) is 0. The highest BCUT2D eigenvalue weighted by atomic mass is 79.9. The van der Waals surface area contributed by atoms with Crippen LogP contribution in [0.25, 0.3) is 0 Å². The third-order valence-electron chi connectivity index (χ3n) is 2.46. The molecule has 2 rings (SSSR count). The molecule has 0 aliphatic heterocycles. The van der Waals surface area contributed by atoms with Crippen molar-refractivity contribution in [1.82, 2.24) is 0 Å². The van der Waals surface area contributed by atoms with Crippen LogP contribution in [0, 0.1) is 5.82 Å². The molecule has 0 saturated carbocycles. The molecule has 0 saturated heterocycles. The maximum Gasteiger partial charge on any atom is 0.264 e. The van der Waals surface area contributed by atoms with E-state index < -0.39 is 15.8 Å². The Hall–Kier alpha value is -0.640. The lowest BCUT2D eigenvalue weighted by Gasteiger charge is -2.12. The molecule has 0 bridgehead atoms. The lowest BCUT2D eigenvalue weighted by molar-refractivity contribution is 0.597. The van der Waals surface area contributed by atoms with E-state index in [4.69, 9.17) is 5.73 Å². The second-order valence-corrected chi connectivity index (χ2v) is 8.29. The highest BCUT2D eigenvalue weighted by molar-refractivity contribution is 9.11. The van der Waals surface area contributed by atoms with Crippen LogP contribution in [0.1, 0.15) is 0 Å². The van der Waals surface area contributed by atoms with Gasteiger partial charge in [-0.05, 0) is 62.2 Å². The van der Waals surface area contributed by atoms with E-state index >= 15 is 0 Å². The zero-order valence-electron chi connectivity index (χ0n) is 10.2. The highest BCUT2D eigenvalue weighted by Gasteiger charge is 2.23. The van der Waals surface area contributed by atoms with Gasteiger partial charge in [0, 0.05) is 19.1 Å². The van der Waals surface area contributed by atoms with Gasteiger partial charge in [-0.15, -0.1) is 0 Å². The van der Waals surface area contributed by atoms with Gasteiger partial charge in [-0.3, -0.25) is 4.72 Å². The lowest BCUT2D eigenvalue weighted by Crippen LogP contribution is -2.15. The van der Waals surface area contributed by atoms with Crippen molar-refractivity contribution in [1.29, 1.82) is 0 Å². The summed E-state index contributed by atoms with van der Waals surface area (Å²) in [4.78, 5) is -0.0565. The van der Waals surface area contributed by atoms with Crippen LogP contribution in [-0.2, 0) is 10.0 Å². The predicted octanol–water partition coefficient (Wildman–Crippen LogP) is 4.50. The summed E-state index contributed by atoms with van der Waals surface area (Å²) in [6, 6.07) is 6.95. The third kappa shape index (κ3) is 3.77. The number of hydrogen-bond donors (Lipinski definition) is 2. The molecule has 0 amide bonds. The number of rotatable bonds is 3. The summed E-state index contributed by atoms with van der Waals surface area (Å²) in [5, 5.41) is 0. The van der Waals surface area contributed by atoms with Crippen molar-refractivity contribution < 1.29 is 12.8 Å². The SMILES string of the molecule is Nc1cc(Br)c(S(=O)(=O)Nc2ccc(Br)cc2F)c(Br)c1. The molecule has 21 heavy (non-hydrogen) atoms. The van der Waals surface area contributed by atoms with Gasteiger partial charge in [0.25, 0.3) is 10.0 Å². The van der Waals surface area contributed by atoms with E-state index in [2.05, 4.69) is 52.5 Å². The number of halogens is 4. The maximum absolute atomic E-state index is 13.8. The molecule has 0 heterocycles. The Labute approximate surface area is 146 Å². The minimum Gasteiger partial charge on any atom is -0.399 e. The van der Waals surface area contributed by atoms with Crippen molar-refractivity contribution in [2.24, 2.45) is 0 Å². The summed E-state index contributed by atoms with van der Waals surface area (Å²) in [5.74, 6) is -0.685. The van der Waals surface area contributed by atoms with Crippen molar-refractivity contribution in [2.75, 3.05) is 10.5 Å². The second-order valence-electron chi connectivity index (χ2n) is 4.04. The van der Waals surface area contributed by atoms with Gasteiger partial charge >= 0.3 is 0 Å². The summed E-state index contributed by atoms with van der Waals surface area (Å²) in [6.45, 7) is 0. The molecule has 0 unspecified atom stereocenters. The number of anilines is 2. The molecule has 0 fully saturated rings. The van der Waals surface area contributed by atoms with Crippen molar-refractivity contribution >= 4 is 69.2 Å². The average Bonchev–Trinajstić information content (AvgIpc) is 2.30. The molecule has 2 aromatic carbocycles. The quantitative estimate of drug-likeness (QED) is 0.607. The van der Waals surface area contributed by atoms with Crippen LogP contribution in [0.15, 0.2) is 48.6 Å². The Morgan fingerprint density at radius 1 is 1.05 bits per heavy atom. The molecule has 9 heteroatoms. The van der Waals surface area contributed by atoms with E-state index in [1.54, 1.807) is 0 Å². The summed E-state index contributed by atoms with van der Waals surface area (Å²) in [7, 11) is -3.98. The molecular weight excluding hydrogens is 495 g/mol. The molecule has 0 spiro atoms. The van der Waals surface area contributed by atoms with E-state index in [-0.39, 0.29) is 19.5 Å². The average molecular weight is 503 g/mol. The Morgan fingerprint density at radius 3 is 2.14 bits per heavy atom. The van der Waals surface area contributed by atoms with Crippen molar-refractivity contribution in [3.8, 4) is 0 Å². The van der Waals surface area contributed by atoms with Gasteiger partial charge in [-0.2, -0.15) is 0 Å². The maximum atomic E-state index is 13.8. The number of sulfonamides is 1. The Kier molecular flexibility index (Phi) is 4.96. The van der Waals surface area contributed by atoms with E-state index in [0.717, 1.165) is 0 Å². The number of benzene rings is 2. The normalized spacial score (nSPS) is 11.4. The van der Waals surface area contributed by atoms with Crippen molar-refractivity contribution in [2.45, 2.75) is 4.90 Å². The van der Waals surface area contributed by atoms with Crippen molar-refractivity contribution in [3.63, 3.8) is 0 Å². The zero-order valence-corrected chi connectivity index (χ0v) is 15.8. The predicted molar refractivity (Wildman–Crippen MR) is 91.2 cm³/mol. The highest BCUT2D eigenvalue weighted by Crippen LogP contribution is 2.34. The van der Waals surface area contributed by atoms with Crippen LogP contribution in [0.2, 0.25) is 0 Å². The number of hydrogen-bond acceptors (Lipinski definition) is 3. The molecule has 0 aromatic heterocycles. The van der Waals surface area contributed by atoms with E-state index in [1.807, 2.05) is 0 Å². The largest absolute Gasteiger partial charge is 0.399 e. The first-order valence-corrected chi connectivity index (χ1v) is 9.29. The molecule has 0 aliphatic rings. The van der Waals surface area contributed by atoms with Gasteiger partial charge in [0.05, 0.1) is 5.69 Å². The summed E-state index contributed by atoms with van der Waals surface area (Å²) >= 11 is 9.40. The van der Waals surface area contributed by atoms with Gasteiger partial charge in [-0.1, -0.05) is 15.9 Å². The van der Waals surface area contributed by atoms with Crippen LogP contribution in [0.5, 0.6) is 0 Å². The van der Waals surface area contributed by atoms with Crippen molar-refractivity contribution in [3.05, 3.63) is 49.6 Å². The first-order chi connectivity index (χ1) is 9.70. The molecule has 4 nitrogen and oxygen atoms in total. The Bertz CT molecular complexity index is 789. The Morgan fingerprint density at radius 2 is 1.62 bits per heavy atom. The van der Waals surface area contributed by atoms with Gasteiger partial charge in [0.15, 0.2) is 0 Å². The standard InChI is InChI=1S/C12H8Br3FN2O2S/c13-6-1-2-11(10(16)3-6)18-21(19,20)12-8(14)4-7(17)5-9(12)15/h1-5,18H,17H2. The topological polar surface area (TPSA) is 72.2 Å². The Balaban J connectivity index is 2.48. The molecule has 0 radical (unpaired) electrons. The summed E-state index contributed by atoms with van der Waals surface area (Å²) < 4.78 is 41.8. The fourth-order valence-corrected chi connectivity index (χ4v) is 5.63. The van der Waals surface area contributed by atoms with Gasteiger partial charge < -0.3 is 5.73 Å². The van der Waals surface area contributed by atoms with Crippen LogP contribution < -0.4 is 10.5 Å². The monoisotopic (exact) mass is 500 g/mol. The fourth-order valence-electron chi connectivity index (χ4n) is 1.60. The molecular formula is C12H8Br3FN2O2S.